The van der Waals surface area contributed by atoms with Crippen molar-refractivity contribution in [1.82, 2.24) is 14.7 Å². The van der Waals surface area contributed by atoms with Crippen molar-refractivity contribution < 1.29 is 19.4 Å². The van der Waals surface area contributed by atoms with Gasteiger partial charge in [0.1, 0.15) is 11.3 Å². The second-order valence-electron chi connectivity index (χ2n) is 7.33. The molecule has 7 nitrogen and oxygen atoms in total. The molecule has 0 atom stereocenters. The Bertz CT molecular complexity index is 849. The molecule has 1 aliphatic carbocycles. The average Bonchev–Trinajstić information content (AvgIpc) is 3.35. The maximum atomic E-state index is 13.0. The summed E-state index contributed by atoms with van der Waals surface area (Å²) in [7, 11) is 0. The lowest BCUT2D eigenvalue weighted by molar-refractivity contribution is -0.142. The first kappa shape index (κ1) is 17.6. The number of aromatic carboxylic acids is 1. The highest BCUT2D eigenvalue weighted by Crippen LogP contribution is 2.42. The lowest BCUT2D eigenvalue weighted by atomic mass is 10.0. The molecule has 0 spiro atoms. The number of piperidine rings is 1. The summed E-state index contributed by atoms with van der Waals surface area (Å²) in [6, 6.07) is 9.59. The number of rotatable bonds is 5. The Morgan fingerprint density at radius 2 is 1.85 bits per heavy atom. The number of hydrogen-bond acceptors (Lipinski definition) is 4. The highest BCUT2D eigenvalue weighted by Gasteiger charge is 2.55. The van der Waals surface area contributed by atoms with Crippen molar-refractivity contribution in [1.29, 1.82) is 0 Å². The van der Waals surface area contributed by atoms with E-state index in [4.69, 9.17) is 4.74 Å². The summed E-state index contributed by atoms with van der Waals surface area (Å²) in [6.45, 7) is 3.04. The second-order valence-corrected chi connectivity index (χ2v) is 7.33. The molecule has 2 fully saturated rings. The van der Waals surface area contributed by atoms with Crippen LogP contribution in [0.2, 0.25) is 0 Å². The lowest BCUT2D eigenvalue weighted by Gasteiger charge is -2.34. The normalized spacial score (nSPS) is 18.9. The zero-order chi connectivity index (χ0) is 19.0. The molecule has 0 bridgehead atoms. The zero-order valence-electron chi connectivity index (χ0n) is 15.3. The van der Waals surface area contributed by atoms with E-state index in [1.165, 1.54) is 6.20 Å². The Labute approximate surface area is 157 Å². The van der Waals surface area contributed by atoms with Crippen LogP contribution in [0.5, 0.6) is 5.75 Å². The number of amides is 1. The van der Waals surface area contributed by atoms with Gasteiger partial charge in [0.25, 0.3) is 5.91 Å². The Balaban J connectivity index is 1.39. The zero-order valence-corrected chi connectivity index (χ0v) is 15.3. The summed E-state index contributed by atoms with van der Waals surface area (Å²) in [6.07, 6.45) is 4.42. The van der Waals surface area contributed by atoms with Crippen molar-refractivity contribution in [2.45, 2.75) is 44.2 Å². The van der Waals surface area contributed by atoms with Gasteiger partial charge < -0.3 is 14.7 Å². The van der Waals surface area contributed by atoms with Gasteiger partial charge in [-0.05, 0) is 31.9 Å². The van der Waals surface area contributed by atoms with Crippen LogP contribution < -0.4 is 4.74 Å². The van der Waals surface area contributed by atoms with E-state index in [0.29, 0.717) is 18.8 Å². The van der Waals surface area contributed by atoms with Crippen molar-refractivity contribution in [3.63, 3.8) is 0 Å². The molecule has 2 aliphatic rings. The van der Waals surface area contributed by atoms with Crippen molar-refractivity contribution in [3.05, 3.63) is 47.8 Å². The Kier molecular flexibility index (Phi) is 4.37. The summed E-state index contributed by atoms with van der Waals surface area (Å²) < 4.78 is 7.80. The Morgan fingerprint density at radius 3 is 2.41 bits per heavy atom. The molecular weight excluding hydrogens is 346 g/mol. The Hall–Kier alpha value is -2.83. The highest BCUT2D eigenvalue weighted by atomic mass is 16.5. The molecule has 142 valence electrons. The minimum atomic E-state index is -0.958. The Morgan fingerprint density at radius 1 is 1.19 bits per heavy atom. The third-order valence-electron chi connectivity index (χ3n) is 5.52. The third-order valence-corrected chi connectivity index (χ3v) is 5.52. The average molecular weight is 369 g/mol. The van der Waals surface area contributed by atoms with Crippen LogP contribution in [0.4, 0.5) is 0 Å². The quantitative estimate of drug-likeness (QED) is 0.876. The molecule has 0 radical (unpaired) electrons. The second kappa shape index (κ2) is 6.72. The molecule has 0 unspecified atom stereocenters. The maximum absolute atomic E-state index is 13.0. The first-order chi connectivity index (χ1) is 13.0. The smallest absolute Gasteiger partial charge is 0.339 e. The van der Waals surface area contributed by atoms with E-state index in [0.717, 1.165) is 31.4 Å². The van der Waals surface area contributed by atoms with Gasteiger partial charge >= 0.3 is 5.97 Å². The van der Waals surface area contributed by atoms with E-state index in [9.17, 15) is 14.7 Å². The number of carbonyl (C=O) groups is 2. The fourth-order valence-electron chi connectivity index (χ4n) is 3.79. The topological polar surface area (TPSA) is 84.7 Å². The maximum Gasteiger partial charge on any atom is 0.339 e. The third kappa shape index (κ3) is 3.29. The number of ether oxygens (including phenoxy) is 1. The molecule has 2 aromatic rings. The van der Waals surface area contributed by atoms with Gasteiger partial charge in [0.2, 0.25) is 0 Å². The number of nitrogens with zero attached hydrogens (tertiary/aromatic N) is 3. The SMILES string of the molecule is Cc1c(C(=O)O)cnn1C1CCN(C(=O)C2(Oc3ccccc3)CC2)CC1. The molecule has 27 heavy (non-hydrogen) atoms. The molecule has 4 rings (SSSR count). The summed E-state index contributed by atoms with van der Waals surface area (Å²) in [4.78, 5) is 26.1. The van der Waals surface area contributed by atoms with E-state index in [2.05, 4.69) is 5.10 Å². The minimum absolute atomic E-state index is 0.0632. The lowest BCUT2D eigenvalue weighted by Crippen LogP contribution is -2.47. The van der Waals surface area contributed by atoms with Gasteiger partial charge in [-0.2, -0.15) is 5.10 Å². The van der Waals surface area contributed by atoms with Gasteiger partial charge in [0, 0.05) is 25.9 Å². The van der Waals surface area contributed by atoms with Crippen molar-refractivity contribution in [2.24, 2.45) is 0 Å². The minimum Gasteiger partial charge on any atom is -0.478 e. The van der Waals surface area contributed by atoms with Gasteiger partial charge in [-0.25, -0.2) is 4.79 Å². The predicted molar refractivity (Wildman–Crippen MR) is 97.8 cm³/mol. The van der Waals surface area contributed by atoms with Crippen LogP contribution in [-0.2, 0) is 4.79 Å². The summed E-state index contributed by atoms with van der Waals surface area (Å²) >= 11 is 0. The molecule has 7 heteroatoms. The number of likely N-dealkylation sites (tertiary alicyclic amines) is 1. The number of carbonyl (C=O) groups excluding carboxylic acids is 1. The number of benzene rings is 1. The molecule has 1 amide bonds. The highest BCUT2D eigenvalue weighted by molar-refractivity contribution is 5.89. The van der Waals surface area contributed by atoms with Crippen LogP contribution in [0.15, 0.2) is 36.5 Å². The number of carboxylic acids is 1. The number of hydrogen-bond donors (Lipinski definition) is 1. The van der Waals surface area contributed by atoms with Crippen LogP contribution in [-0.4, -0.2) is 50.4 Å². The van der Waals surface area contributed by atoms with Crippen LogP contribution in [0, 0.1) is 6.92 Å². The summed E-state index contributed by atoms with van der Waals surface area (Å²) in [5.41, 5.74) is 0.201. The first-order valence-electron chi connectivity index (χ1n) is 9.31. The fourth-order valence-corrected chi connectivity index (χ4v) is 3.79. The van der Waals surface area contributed by atoms with Crippen LogP contribution in [0.1, 0.15) is 47.8 Å². The fraction of sp³-hybridized carbons (Fsp3) is 0.450. The molecule has 1 aromatic heterocycles. The molecule has 2 heterocycles. The van der Waals surface area contributed by atoms with Crippen LogP contribution >= 0.6 is 0 Å². The molecule has 1 saturated carbocycles. The van der Waals surface area contributed by atoms with Gasteiger partial charge in [-0.3, -0.25) is 9.48 Å². The summed E-state index contributed by atoms with van der Waals surface area (Å²) in [5, 5.41) is 13.4. The summed E-state index contributed by atoms with van der Waals surface area (Å²) in [5.74, 6) is -0.167. The van der Waals surface area contributed by atoms with Crippen molar-refractivity contribution in [3.8, 4) is 5.75 Å². The van der Waals surface area contributed by atoms with Crippen molar-refractivity contribution >= 4 is 11.9 Å². The molecular formula is C20H23N3O4. The molecule has 1 saturated heterocycles. The number of aromatic nitrogens is 2. The molecule has 1 aromatic carbocycles. The predicted octanol–water partition coefficient (Wildman–Crippen LogP) is 2.66. The van der Waals surface area contributed by atoms with Crippen LogP contribution in [0.25, 0.3) is 0 Å². The monoisotopic (exact) mass is 369 g/mol. The van der Waals surface area contributed by atoms with Crippen LogP contribution in [0.3, 0.4) is 0 Å². The van der Waals surface area contributed by atoms with Crippen molar-refractivity contribution in [2.75, 3.05) is 13.1 Å². The van der Waals surface area contributed by atoms with E-state index < -0.39 is 11.6 Å². The molecule has 1 N–H and O–H groups in total. The standard InChI is InChI=1S/C20H23N3O4/c1-14-17(18(24)25)13-21-23(14)15-7-11-22(12-8-15)19(26)20(9-10-20)27-16-5-3-2-4-6-16/h2-6,13,15H,7-12H2,1H3,(H,24,25). The van der Waals surface area contributed by atoms with E-state index in [-0.39, 0.29) is 17.5 Å². The van der Waals surface area contributed by atoms with Gasteiger partial charge in [0.15, 0.2) is 5.60 Å². The van der Waals surface area contributed by atoms with Gasteiger partial charge in [-0.1, -0.05) is 18.2 Å². The van der Waals surface area contributed by atoms with E-state index in [1.807, 2.05) is 35.2 Å². The van der Waals surface area contributed by atoms with E-state index in [1.54, 1.807) is 11.6 Å². The van der Waals surface area contributed by atoms with Gasteiger partial charge in [-0.15, -0.1) is 0 Å². The largest absolute Gasteiger partial charge is 0.478 e. The first-order valence-corrected chi connectivity index (χ1v) is 9.31. The molecule has 1 aliphatic heterocycles. The number of para-hydroxylation sites is 1. The van der Waals surface area contributed by atoms with Gasteiger partial charge in [0.05, 0.1) is 17.9 Å². The van der Waals surface area contributed by atoms with E-state index >= 15 is 0 Å². The number of carboxylic acid groups (broad SMARTS) is 1.